The summed E-state index contributed by atoms with van der Waals surface area (Å²) >= 11 is 1.74. The summed E-state index contributed by atoms with van der Waals surface area (Å²) in [4.78, 5) is 43.5. The van der Waals surface area contributed by atoms with Gasteiger partial charge in [0.05, 0.1) is 52.8 Å². The Morgan fingerprint density at radius 1 is 1.06 bits per heavy atom. The van der Waals surface area contributed by atoms with E-state index in [1.54, 1.807) is 11.3 Å². The number of thiazole rings is 1. The van der Waals surface area contributed by atoms with Gasteiger partial charge in [0, 0.05) is 5.92 Å². The second-order valence-electron chi connectivity index (χ2n) is 7.86. The minimum Gasteiger partial charge on any atom is -0.465 e. The topological polar surface area (TPSA) is 97.8 Å². The van der Waals surface area contributed by atoms with Crippen molar-refractivity contribution in [3.63, 3.8) is 0 Å². The van der Waals surface area contributed by atoms with Crippen molar-refractivity contribution >= 4 is 45.1 Å². The molecule has 0 radical (unpaired) electrons. The van der Waals surface area contributed by atoms with Crippen molar-refractivity contribution < 1.29 is 23.9 Å². The van der Waals surface area contributed by atoms with Crippen molar-refractivity contribution in [3.05, 3.63) is 58.6 Å². The number of fused-ring (bicyclic) bond motifs is 1. The van der Waals surface area contributed by atoms with Gasteiger partial charge in [-0.2, -0.15) is 0 Å². The van der Waals surface area contributed by atoms with Crippen molar-refractivity contribution in [2.75, 3.05) is 39.2 Å². The van der Waals surface area contributed by atoms with Crippen LogP contribution in [0.1, 0.15) is 44.5 Å². The number of carbonyl (C=O) groups is 3. The highest BCUT2D eigenvalue weighted by Crippen LogP contribution is 2.33. The van der Waals surface area contributed by atoms with Crippen LogP contribution in [-0.4, -0.2) is 61.6 Å². The van der Waals surface area contributed by atoms with Gasteiger partial charge in [-0.25, -0.2) is 14.6 Å². The molecule has 3 aromatic rings. The fourth-order valence-electron chi connectivity index (χ4n) is 3.98. The Labute approximate surface area is 195 Å². The summed E-state index contributed by atoms with van der Waals surface area (Å²) in [6.45, 7) is 1.75. The number of piperidine rings is 1. The third kappa shape index (κ3) is 5.20. The van der Waals surface area contributed by atoms with Gasteiger partial charge >= 0.3 is 11.9 Å². The molecular formula is C24H25N3O5S. The molecule has 1 aliphatic rings. The number of amides is 1. The molecule has 172 valence electrons. The SMILES string of the molecule is COC(=O)c1ccc(C(=O)OC)c(NC(=O)CN2CCC(c3nc4ccccc4s3)CC2)c1. The van der Waals surface area contributed by atoms with Crippen LogP contribution in [0, 0.1) is 0 Å². The predicted molar refractivity (Wildman–Crippen MR) is 126 cm³/mol. The molecule has 0 unspecified atom stereocenters. The van der Waals surface area contributed by atoms with E-state index in [9.17, 15) is 14.4 Å². The summed E-state index contributed by atoms with van der Waals surface area (Å²) in [6, 6.07) is 12.5. The Morgan fingerprint density at radius 3 is 2.48 bits per heavy atom. The van der Waals surface area contributed by atoms with Gasteiger partial charge < -0.3 is 14.8 Å². The average molecular weight is 468 g/mol. The number of benzene rings is 2. The van der Waals surface area contributed by atoms with E-state index >= 15 is 0 Å². The maximum atomic E-state index is 12.7. The van der Waals surface area contributed by atoms with Crippen LogP contribution >= 0.6 is 11.3 Å². The van der Waals surface area contributed by atoms with Gasteiger partial charge in [0.15, 0.2) is 0 Å². The minimum atomic E-state index is -0.599. The molecule has 0 spiro atoms. The quantitative estimate of drug-likeness (QED) is 0.552. The number of aromatic nitrogens is 1. The summed E-state index contributed by atoms with van der Waals surface area (Å²) in [5.41, 5.74) is 1.67. The Kier molecular flexibility index (Phi) is 7.00. The van der Waals surface area contributed by atoms with Gasteiger partial charge in [-0.15, -0.1) is 11.3 Å². The zero-order chi connectivity index (χ0) is 23.4. The largest absolute Gasteiger partial charge is 0.465 e. The lowest BCUT2D eigenvalue weighted by Gasteiger charge is -2.30. The van der Waals surface area contributed by atoms with Crippen molar-refractivity contribution in [3.8, 4) is 0 Å². The number of rotatable bonds is 6. The van der Waals surface area contributed by atoms with Gasteiger partial charge in [0.1, 0.15) is 0 Å². The van der Waals surface area contributed by atoms with Crippen molar-refractivity contribution in [2.24, 2.45) is 0 Å². The van der Waals surface area contributed by atoms with Crippen molar-refractivity contribution in [1.29, 1.82) is 0 Å². The smallest absolute Gasteiger partial charge is 0.339 e. The minimum absolute atomic E-state index is 0.174. The number of nitrogens with one attached hydrogen (secondary N) is 1. The lowest BCUT2D eigenvalue weighted by Crippen LogP contribution is -2.38. The normalized spacial score (nSPS) is 14.7. The number of esters is 2. The first kappa shape index (κ1) is 22.9. The molecule has 2 aromatic carbocycles. The third-order valence-corrected chi connectivity index (χ3v) is 6.93. The van der Waals surface area contributed by atoms with Crippen LogP contribution < -0.4 is 5.32 Å². The van der Waals surface area contributed by atoms with Crippen LogP contribution in [0.15, 0.2) is 42.5 Å². The molecule has 33 heavy (non-hydrogen) atoms. The van der Waals surface area contributed by atoms with Gasteiger partial charge in [0.2, 0.25) is 5.91 Å². The number of para-hydroxylation sites is 1. The van der Waals surface area contributed by atoms with Crippen molar-refractivity contribution in [1.82, 2.24) is 9.88 Å². The maximum Gasteiger partial charge on any atom is 0.339 e. The number of anilines is 1. The first-order valence-corrected chi connectivity index (χ1v) is 11.5. The number of hydrogen-bond donors (Lipinski definition) is 1. The van der Waals surface area contributed by atoms with Gasteiger partial charge in [-0.05, 0) is 56.3 Å². The Bertz CT molecular complexity index is 1150. The summed E-state index contributed by atoms with van der Waals surface area (Å²) in [7, 11) is 2.53. The zero-order valence-electron chi connectivity index (χ0n) is 18.5. The molecule has 1 aromatic heterocycles. The number of methoxy groups -OCH3 is 2. The Hall–Kier alpha value is -3.30. The third-order valence-electron chi connectivity index (χ3n) is 5.73. The second kappa shape index (κ2) is 10.1. The molecule has 1 saturated heterocycles. The molecule has 1 N–H and O–H groups in total. The van der Waals surface area contributed by atoms with E-state index in [1.165, 1.54) is 37.1 Å². The maximum absolute atomic E-state index is 12.7. The molecule has 9 heteroatoms. The average Bonchev–Trinajstić information content (AvgIpc) is 3.27. The van der Waals surface area contributed by atoms with Crippen LogP contribution in [0.5, 0.6) is 0 Å². The number of hydrogen-bond acceptors (Lipinski definition) is 8. The van der Waals surface area contributed by atoms with Gasteiger partial charge in [-0.3, -0.25) is 9.69 Å². The predicted octanol–water partition coefficient (Wildman–Crippen LogP) is 3.69. The van der Waals surface area contributed by atoms with E-state index in [0.29, 0.717) is 5.92 Å². The van der Waals surface area contributed by atoms with E-state index in [0.717, 1.165) is 36.5 Å². The zero-order valence-corrected chi connectivity index (χ0v) is 19.3. The lowest BCUT2D eigenvalue weighted by molar-refractivity contribution is -0.117. The van der Waals surface area contributed by atoms with Crippen LogP contribution in [0.25, 0.3) is 10.2 Å². The second-order valence-corrected chi connectivity index (χ2v) is 8.92. The highest BCUT2D eigenvalue weighted by molar-refractivity contribution is 7.18. The molecular weight excluding hydrogens is 442 g/mol. The number of likely N-dealkylation sites (tertiary alicyclic amines) is 1. The van der Waals surface area contributed by atoms with Gasteiger partial charge in [0.25, 0.3) is 0 Å². The molecule has 0 atom stereocenters. The van der Waals surface area contributed by atoms with Crippen LogP contribution in [0.2, 0.25) is 0 Å². The van der Waals surface area contributed by atoms with Gasteiger partial charge in [-0.1, -0.05) is 12.1 Å². The summed E-state index contributed by atoms with van der Waals surface area (Å²) in [6.07, 6.45) is 1.86. The molecule has 0 aliphatic carbocycles. The van der Waals surface area contributed by atoms with E-state index < -0.39 is 11.9 Å². The van der Waals surface area contributed by atoms with Crippen LogP contribution in [0.3, 0.4) is 0 Å². The molecule has 4 rings (SSSR count). The molecule has 0 saturated carbocycles. The van der Waals surface area contributed by atoms with Crippen molar-refractivity contribution in [2.45, 2.75) is 18.8 Å². The van der Waals surface area contributed by atoms with E-state index in [4.69, 9.17) is 14.5 Å². The first-order chi connectivity index (χ1) is 16.0. The number of nitrogens with zero attached hydrogens (tertiary/aromatic N) is 2. The molecule has 1 fully saturated rings. The monoisotopic (exact) mass is 467 g/mol. The summed E-state index contributed by atoms with van der Waals surface area (Å²) in [5.74, 6) is -1.03. The number of carbonyl (C=O) groups excluding carboxylic acids is 3. The first-order valence-electron chi connectivity index (χ1n) is 10.7. The molecule has 1 amide bonds. The standard InChI is InChI=1S/C24H25N3O5S/c1-31-23(29)16-7-8-17(24(30)32-2)19(13-16)25-21(28)14-27-11-9-15(10-12-27)22-26-18-5-3-4-6-20(18)33-22/h3-8,13,15H,9-12,14H2,1-2H3,(H,25,28). The van der Waals surface area contributed by atoms with E-state index in [1.807, 2.05) is 18.2 Å². The number of ether oxygens (including phenoxy) is 2. The summed E-state index contributed by atoms with van der Waals surface area (Å²) in [5, 5.41) is 3.91. The van der Waals surface area contributed by atoms with E-state index in [2.05, 4.69) is 16.3 Å². The molecule has 0 bridgehead atoms. The molecule has 2 heterocycles. The molecule has 8 nitrogen and oxygen atoms in total. The van der Waals surface area contributed by atoms with E-state index in [-0.39, 0.29) is 29.3 Å². The Morgan fingerprint density at radius 2 is 1.79 bits per heavy atom. The van der Waals surface area contributed by atoms with Crippen LogP contribution in [-0.2, 0) is 14.3 Å². The highest BCUT2D eigenvalue weighted by atomic mass is 32.1. The fraction of sp³-hybridized carbons (Fsp3) is 0.333. The molecule has 1 aliphatic heterocycles. The Balaban J connectivity index is 1.38. The van der Waals surface area contributed by atoms with Crippen LogP contribution in [0.4, 0.5) is 5.69 Å². The summed E-state index contributed by atoms with van der Waals surface area (Å²) < 4.78 is 10.7. The fourth-order valence-corrected chi connectivity index (χ4v) is 5.11. The lowest BCUT2D eigenvalue weighted by atomic mass is 9.97. The highest BCUT2D eigenvalue weighted by Gasteiger charge is 2.25.